The van der Waals surface area contributed by atoms with Crippen LogP contribution in [0.1, 0.15) is 35.8 Å². The molecule has 1 unspecified atom stereocenters. The molecule has 0 aliphatic rings. The van der Waals surface area contributed by atoms with Gasteiger partial charge in [0.15, 0.2) is 5.82 Å². The Bertz CT molecular complexity index is 1110. The second-order valence-corrected chi connectivity index (χ2v) is 7.04. The lowest BCUT2D eigenvalue weighted by Crippen LogP contribution is -2.11. The molecule has 148 valence electrons. The van der Waals surface area contributed by atoms with E-state index in [1.165, 1.54) is 12.1 Å². The van der Waals surface area contributed by atoms with Gasteiger partial charge in [-0.1, -0.05) is 24.3 Å². The van der Waals surface area contributed by atoms with Crippen LogP contribution in [0.3, 0.4) is 0 Å². The number of nitrogens with one attached hydrogen (secondary N) is 2. The summed E-state index contributed by atoms with van der Waals surface area (Å²) in [6, 6.07) is 16.3. The van der Waals surface area contributed by atoms with Crippen LogP contribution in [0.25, 0.3) is 10.9 Å². The van der Waals surface area contributed by atoms with Crippen molar-refractivity contribution in [2.45, 2.75) is 25.7 Å². The van der Waals surface area contributed by atoms with Crippen LogP contribution >= 0.6 is 0 Å². The predicted molar refractivity (Wildman–Crippen MR) is 113 cm³/mol. The van der Waals surface area contributed by atoms with Crippen molar-refractivity contribution in [3.8, 4) is 0 Å². The van der Waals surface area contributed by atoms with Crippen molar-refractivity contribution < 1.29 is 4.39 Å². The van der Waals surface area contributed by atoms with Crippen molar-refractivity contribution in [3.05, 3.63) is 77.5 Å². The molecule has 0 saturated carbocycles. The van der Waals surface area contributed by atoms with Gasteiger partial charge in [-0.3, -0.25) is 5.10 Å². The smallest absolute Gasteiger partial charge is 0.153 e. The molecule has 0 aliphatic heterocycles. The van der Waals surface area contributed by atoms with E-state index in [0.717, 1.165) is 35.0 Å². The normalized spacial score (nSPS) is 12.2. The molecule has 4 aromatic rings. The molecule has 6 nitrogen and oxygen atoms in total. The van der Waals surface area contributed by atoms with Gasteiger partial charge in [0, 0.05) is 23.1 Å². The van der Waals surface area contributed by atoms with Crippen LogP contribution in [0.2, 0.25) is 0 Å². The summed E-state index contributed by atoms with van der Waals surface area (Å²) >= 11 is 0. The number of aromatic amines is 1. The first-order chi connectivity index (χ1) is 14.1. The van der Waals surface area contributed by atoms with E-state index in [1.54, 1.807) is 12.1 Å². The molecule has 0 saturated heterocycles. The number of hydrogen-bond donors (Lipinski definition) is 3. The van der Waals surface area contributed by atoms with Crippen LogP contribution in [0.5, 0.6) is 0 Å². The molecular weight excluding hydrogens is 367 g/mol. The largest absolute Gasteiger partial charge is 0.330 e. The Morgan fingerprint density at radius 3 is 2.62 bits per heavy atom. The highest BCUT2D eigenvalue weighted by Gasteiger charge is 2.20. The van der Waals surface area contributed by atoms with Gasteiger partial charge in [-0.2, -0.15) is 5.10 Å². The summed E-state index contributed by atoms with van der Waals surface area (Å²) in [6.45, 7) is 2.52. The summed E-state index contributed by atoms with van der Waals surface area (Å²) in [4.78, 5) is 9.67. The number of benzene rings is 2. The number of anilines is 2. The molecule has 1 atom stereocenters. The number of aryl methyl sites for hydroxylation is 1. The summed E-state index contributed by atoms with van der Waals surface area (Å²) in [5.41, 5.74) is 8.52. The first kappa shape index (κ1) is 19.0. The number of H-pyrrole nitrogens is 1. The highest BCUT2D eigenvalue weighted by molar-refractivity contribution is 5.90. The van der Waals surface area contributed by atoms with Crippen molar-refractivity contribution in [1.29, 1.82) is 0 Å². The Hall–Kier alpha value is -3.32. The van der Waals surface area contributed by atoms with Crippen molar-refractivity contribution in [3.63, 3.8) is 0 Å². The van der Waals surface area contributed by atoms with Crippen LogP contribution in [0, 0.1) is 12.7 Å². The number of nitrogens with zero attached hydrogens (tertiary/aromatic N) is 3. The zero-order chi connectivity index (χ0) is 20.2. The second kappa shape index (κ2) is 8.36. The first-order valence-electron chi connectivity index (χ1n) is 9.65. The molecule has 0 bridgehead atoms. The third-order valence-electron chi connectivity index (χ3n) is 4.85. The van der Waals surface area contributed by atoms with Crippen LogP contribution < -0.4 is 11.1 Å². The molecule has 0 spiro atoms. The number of hydrogen-bond acceptors (Lipinski definition) is 5. The van der Waals surface area contributed by atoms with Gasteiger partial charge in [0.1, 0.15) is 17.5 Å². The molecular formula is C22H23FN6. The monoisotopic (exact) mass is 390 g/mol. The molecule has 2 aromatic heterocycles. The van der Waals surface area contributed by atoms with Crippen molar-refractivity contribution in [2.24, 2.45) is 5.73 Å². The topological polar surface area (TPSA) is 92.5 Å². The quantitative estimate of drug-likeness (QED) is 0.434. The highest BCUT2D eigenvalue weighted by atomic mass is 19.1. The maximum absolute atomic E-state index is 13.5. The Labute approximate surface area is 168 Å². The average molecular weight is 390 g/mol. The average Bonchev–Trinajstić information content (AvgIpc) is 3.14. The first-order valence-corrected chi connectivity index (χ1v) is 9.65. The number of nitrogens with two attached hydrogens (primary N) is 1. The van der Waals surface area contributed by atoms with E-state index in [2.05, 4.69) is 15.5 Å². The lowest BCUT2D eigenvalue weighted by molar-refractivity contribution is 0.618. The second-order valence-electron chi connectivity index (χ2n) is 7.04. The van der Waals surface area contributed by atoms with Gasteiger partial charge in [-0.05, 0) is 56.1 Å². The fourth-order valence-corrected chi connectivity index (χ4v) is 3.41. The summed E-state index contributed by atoms with van der Waals surface area (Å²) in [7, 11) is 0. The van der Waals surface area contributed by atoms with Crippen LogP contribution in [0.15, 0.2) is 54.6 Å². The van der Waals surface area contributed by atoms with Crippen molar-refractivity contribution in [1.82, 2.24) is 20.2 Å². The Kier molecular flexibility index (Phi) is 5.48. The molecule has 0 fully saturated rings. The molecule has 2 heterocycles. The lowest BCUT2D eigenvalue weighted by Gasteiger charge is -2.18. The number of para-hydroxylation sites is 1. The third-order valence-corrected chi connectivity index (χ3v) is 4.85. The minimum Gasteiger partial charge on any atom is -0.330 e. The number of aromatic nitrogens is 4. The van der Waals surface area contributed by atoms with Gasteiger partial charge in [0.25, 0.3) is 0 Å². The third kappa shape index (κ3) is 4.25. The Balaban J connectivity index is 1.80. The molecule has 29 heavy (non-hydrogen) atoms. The molecule has 4 N–H and O–H groups in total. The fourth-order valence-electron chi connectivity index (χ4n) is 3.41. The Morgan fingerprint density at radius 2 is 1.90 bits per heavy atom. The highest BCUT2D eigenvalue weighted by Crippen LogP contribution is 2.31. The zero-order valence-corrected chi connectivity index (χ0v) is 16.2. The number of fused-ring (bicyclic) bond motifs is 1. The minimum absolute atomic E-state index is 0.0785. The van der Waals surface area contributed by atoms with E-state index in [1.807, 2.05) is 37.3 Å². The van der Waals surface area contributed by atoms with Crippen LogP contribution in [0.4, 0.5) is 16.0 Å². The molecule has 7 heteroatoms. The SMILES string of the molecule is Cc1cc(Nc2nc(C(CCCN)c3ccc(F)cc3)nc3ccccc23)n[nH]1. The van der Waals surface area contributed by atoms with Crippen molar-refractivity contribution in [2.75, 3.05) is 11.9 Å². The molecule has 0 amide bonds. The molecule has 4 rings (SSSR count). The summed E-state index contributed by atoms with van der Waals surface area (Å²) < 4.78 is 13.5. The minimum atomic E-state index is -0.262. The Morgan fingerprint density at radius 1 is 1.10 bits per heavy atom. The summed E-state index contributed by atoms with van der Waals surface area (Å²) in [5, 5.41) is 11.4. The molecule has 2 aromatic carbocycles. The van der Waals surface area contributed by atoms with E-state index < -0.39 is 0 Å². The van der Waals surface area contributed by atoms with Gasteiger partial charge >= 0.3 is 0 Å². The molecule has 0 radical (unpaired) electrons. The number of rotatable bonds is 7. The van der Waals surface area contributed by atoms with Gasteiger partial charge in [0.2, 0.25) is 0 Å². The summed E-state index contributed by atoms with van der Waals surface area (Å²) in [5.74, 6) is 1.72. The number of halogens is 1. The van der Waals surface area contributed by atoms with Gasteiger partial charge in [-0.15, -0.1) is 0 Å². The zero-order valence-electron chi connectivity index (χ0n) is 16.2. The van der Waals surface area contributed by atoms with Crippen LogP contribution in [-0.4, -0.2) is 26.7 Å². The standard InChI is InChI=1S/C22H23FN6/c1-14-13-20(29-28-14)26-22-18-5-2-3-7-19(18)25-21(27-22)17(6-4-12-24)15-8-10-16(23)11-9-15/h2-3,5,7-11,13,17H,4,6,12,24H2,1H3,(H2,25,26,27,28,29). The summed E-state index contributed by atoms with van der Waals surface area (Å²) in [6.07, 6.45) is 1.60. The van der Waals surface area contributed by atoms with Crippen LogP contribution in [-0.2, 0) is 0 Å². The van der Waals surface area contributed by atoms with Gasteiger partial charge < -0.3 is 11.1 Å². The lowest BCUT2D eigenvalue weighted by atomic mass is 9.93. The van der Waals surface area contributed by atoms with Gasteiger partial charge in [-0.25, -0.2) is 14.4 Å². The van der Waals surface area contributed by atoms with E-state index in [0.29, 0.717) is 24.0 Å². The van der Waals surface area contributed by atoms with E-state index >= 15 is 0 Å². The maximum Gasteiger partial charge on any atom is 0.153 e. The van der Waals surface area contributed by atoms with E-state index in [4.69, 9.17) is 15.7 Å². The van der Waals surface area contributed by atoms with E-state index in [9.17, 15) is 4.39 Å². The van der Waals surface area contributed by atoms with Crippen molar-refractivity contribution >= 4 is 22.5 Å². The van der Waals surface area contributed by atoms with Gasteiger partial charge in [0.05, 0.1) is 5.52 Å². The maximum atomic E-state index is 13.5. The fraction of sp³-hybridized carbons (Fsp3) is 0.227. The predicted octanol–water partition coefficient (Wildman–Crippen LogP) is 4.41. The molecule has 0 aliphatic carbocycles. The van der Waals surface area contributed by atoms with E-state index in [-0.39, 0.29) is 11.7 Å².